The molecule has 0 radical (unpaired) electrons. The molecule has 3 aromatic rings. The van der Waals surface area contributed by atoms with Crippen molar-refractivity contribution < 1.29 is 14.3 Å². The highest BCUT2D eigenvalue weighted by Crippen LogP contribution is 2.21. The fourth-order valence-corrected chi connectivity index (χ4v) is 3.25. The Kier molecular flexibility index (Phi) is 6.51. The van der Waals surface area contributed by atoms with Crippen LogP contribution < -0.4 is 10.9 Å². The van der Waals surface area contributed by atoms with Gasteiger partial charge in [-0.3, -0.25) is 4.79 Å². The minimum absolute atomic E-state index is 0.141. The first kappa shape index (κ1) is 21.1. The summed E-state index contributed by atoms with van der Waals surface area (Å²) < 4.78 is 5.07. The molecule has 0 atom stereocenters. The molecule has 30 heavy (non-hydrogen) atoms. The number of rotatable bonds is 6. The van der Waals surface area contributed by atoms with E-state index in [1.165, 1.54) is 6.07 Å². The third kappa shape index (κ3) is 4.68. The highest BCUT2D eigenvalue weighted by atomic mass is 16.5. The molecular weight excluding hydrogens is 382 g/mol. The van der Waals surface area contributed by atoms with Gasteiger partial charge >= 0.3 is 12.0 Å². The second-order valence-electron chi connectivity index (χ2n) is 7.12. The van der Waals surface area contributed by atoms with Crippen molar-refractivity contribution in [1.29, 1.82) is 0 Å². The maximum absolute atomic E-state index is 13.1. The molecule has 156 valence electrons. The standard InChI is InChI=1S/C23H25N3O4/c1-4-30-22(28)18-10-6-8-12-20(18)25-23(29)26(15(2)3)14-16-13-21(27)24-19-11-7-5-9-17(16)19/h5-13,15H,4,14H2,1-3H3,(H,24,27)(H,25,29). The number of nitrogens with one attached hydrogen (secondary N) is 2. The molecular formula is C23H25N3O4. The van der Waals surface area contributed by atoms with Gasteiger partial charge in [0.1, 0.15) is 0 Å². The number of H-pyrrole nitrogens is 1. The largest absolute Gasteiger partial charge is 0.462 e. The van der Waals surface area contributed by atoms with Gasteiger partial charge in [-0.1, -0.05) is 30.3 Å². The molecule has 1 aromatic heterocycles. The molecule has 2 N–H and O–H groups in total. The molecule has 0 spiro atoms. The van der Waals surface area contributed by atoms with Crippen molar-refractivity contribution in [3.05, 3.63) is 76.1 Å². The lowest BCUT2D eigenvalue weighted by molar-refractivity contribution is 0.0527. The number of pyridine rings is 1. The van der Waals surface area contributed by atoms with Crippen LogP contribution in [-0.4, -0.2) is 34.5 Å². The molecule has 1 heterocycles. The van der Waals surface area contributed by atoms with Crippen molar-refractivity contribution in [2.75, 3.05) is 11.9 Å². The van der Waals surface area contributed by atoms with Crippen LogP contribution in [0.1, 0.15) is 36.7 Å². The summed E-state index contributed by atoms with van der Waals surface area (Å²) in [6, 6.07) is 15.2. The van der Waals surface area contributed by atoms with Crippen LogP contribution in [0.2, 0.25) is 0 Å². The van der Waals surface area contributed by atoms with Gasteiger partial charge in [-0.15, -0.1) is 0 Å². The molecule has 7 heteroatoms. The summed E-state index contributed by atoms with van der Waals surface area (Å²) in [4.78, 5) is 41.8. The number of carbonyl (C=O) groups excluding carboxylic acids is 2. The van der Waals surface area contributed by atoms with E-state index in [2.05, 4.69) is 10.3 Å². The van der Waals surface area contributed by atoms with Crippen LogP contribution in [0.15, 0.2) is 59.4 Å². The van der Waals surface area contributed by atoms with Gasteiger partial charge in [0.2, 0.25) is 5.56 Å². The summed E-state index contributed by atoms with van der Waals surface area (Å²) in [7, 11) is 0. The Balaban J connectivity index is 1.89. The number of para-hydroxylation sites is 2. The summed E-state index contributed by atoms with van der Waals surface area (Å²) in [5.74, 6) is -0.495. The zero-order valence-corrected chi connectivity index (χ0v) is 17.3. The van der Waals surface area contributed by atoms with Gasteiger partial charge in [0.25, 0.3) is 0 Å². The average Bonchev–Trinajstić information content (AvgIpc) is 2.72. The molecule has 0 unspecified atom stereocenters. The third-order valence-electron chi connectivity index (χ3n) is 4.73. The van der Waals surface area contributed by atoms with Crippen LogP contribution in [0, 0.1) is 0 Å². The van der Waals surface area contributed by atoms with Crippen LogP contribution in [0.3, 0.4) is 0 Å². The van der Waals surface area contributed by atoms with E-state index in [1.54, 1.807) is 36.1 Å². The summed E-state index contributed by atoms with van der Waals surface area (Å²) in [6.07, 6.45) is 0. The first-order valence-corrected chi connectivity index (χ1v) is 9.85. The highest BCUT2D eigenvalue weighted by molar-refractivity contribution is 6.01. The number of esters is 1. The number of fused-ring (bicyclic) bond motifs is 1. The number of hydrogen-bond donors (Lipinski definition) is 2. The molecule has 2 amide bonds. The summed E-state index contributed by atoms with van der Waals surface area (Å²) in [6.45, 7) is 6.01. The first-order valence-electron chi connectivity index (χ1n) is 9.85. The zero-order chi connectivity index (χ0) is 21.7. The van der Waals surface area contributed by atoms with E-state index in [-0.39, 0.29) is 36.3 Å². The number of urea groups is 1. The van der Waals surface area contributed by atoms with Gasteiger partial charge < -0.3 is 19.9 Å². The molecule has 0 aliphatic heterocycles. The van der Waals surface area contributed by atoms with Gasteiger partial charge in [-0.05, 0) is 44.5 Å². The Morgan fingerprint density at radius 3 is 2.53 bits per heavy atom. The van der Waals surface area contributed by atoms with Gasteiger partial charge in [-0.2, -0.15) is 0 Å². The van der Waals surface area contributed by atoms with E-state index in [1.807, 2.05) is 38.1 Å². The minimum Gasteiger partial charge on any atom is -0.462 e. The average molecular weight is 407 g/mol. The molecule has 0 saturated heterocycles. The lowest BCUT2D eigenvalue weighted by Gasteiger charge is -2.28. The number of carbonyl (C=O) groups is 2. The molecule has 0 aliphatic rings. The minimum atomic E-state index is -0.495. The molecule has 2 aromatic carbocycles. The van der Waals surface area contributed by atoms with Crippen molar-refractivity contribution in [2.45, 2.75) is 33.4 Å². The molecule has 0 fully saturated rings. The van der Waals surface area contributed by atoms with E-state index in [0.717, 1.165) is 16.5 Å². The Labute approximate surface area is 174 Å². The van der Waals surface area contributed by atoms with Gasteiger partial charge in [0, 0.05) is 29.6 Å². The van der Waals surface area contributed by atoms with Crippen LogP contribution in [0.5, 0.6) is 0 Å². The normalized spacial score (nSPS) is 10.8. The van der Waals surface area contributed by atoms with Crippen molar-refractivity contribution in [3.63, 3.8) is 0 Å². The van der Waals surface area contributed by atoms with Crippen molar-refractivity contribution in [1.82, 2.24) is 9.88 Å². The van der Waals surface area contributed by atoms with Crippen molar-refractivity contribution in [2.24, 2.45) is 0 Å². The van der Waals surface area contributed by atoms with Gasteiger partial charge in [-0.25, -0.2) is 9.59 Å². The fraction of sp³-hybridized carbons (Fsp3) is 0.261. The van der Waals surface area contributed by atoms with Crippen LogP contribution in [0.25, 0.3) is 10.9 Å². The fourth-order valence-electron chi connectivity index (χ4n) is 3.25. The number of anilines is 1. The number of aromatic amines is 1. The van der Waals surface area contributed by atoms with Crippen molar-refractivity contribution in [3.8, 4) is 0 Å². The Hall–Kier alpha value is -3.61. The number of aromatic nitrogens is 1. The summed E-state index contributed by atoms with van der Waals surface area (Å²) >= 11 is 0. The van der Waals surface area contributed by atoms with E-state index >= 15 is 0 Å². The molecule has 0 saturated carbocycles. The predicted molar refractivity (Wildman–Crippen MR) is 117 cm³/mol. The Morgan fingerprint density at radius 1 is 1.10 bits per heavy atom. The Morgan fingerprint density at radius 2 is 1.80 bits per heavy atom. The highest BCUT2D eigenvalue weighted by Gasteiger charge is 2.21. The number of ether oxygens (including phenoxy) is 1. The third-order valence-corrected chi connectivity index (χ3v) is 4.73. The number of amides is 2. The van der Waals surface area contributed by atoms with E-state index in [0.29, 0.717) is 5.69 Å². The molecule has 0 aliphatic carbocycles. The number of hydrogen-bond acceptors (Lipinski definition) is 4. The summed E-state index contributed by atoms with van der Waals surface area (Å²) in [5.41, 5.74) is 1.91. The van der Waals surface area contributed by atoms with Crippen LogP contribution in [-0.2, 0) is 11.3 Å². The van der Waals surface area contributed by atoms with Gasteiger partial charge in [0.15, 0.2) is 0 Å². The second kappa shape index (κ2) is 9.26. The SMILES string of the molecule is CCOC(=O)c1ccccc1NC(=O)N(Cc1cc(=O)[nH]c2ccccc12)C(C)C. The topological polar surface area (TPSA) is 91.5 Å². The van der Waals surface area contributed by atoms with E-state index in [4.69, 9.17) is 4.74 Å². The predicted octanol–water partition coefficient (Wildman–Crippen LogP) is 4.15. The first-order chi connectivity index (χ1) is 14.4. The maximum Gasteiger partial charge on any atom is 0.340 e. The maximum atomic E-state index is 13.1. The van der Waals surface area contributed by atoms with E-state index in [9.17, 15) is 14.4 Å². The zero-order valence-electron chi connectivity index (χ0n) is 17.3. The number of benzene rings is 2. The monoisotopic (exact) mass is 407 g/mol. The van der Waals surface area contributed by atoms with E-state index < -0.39 is 5.97 Å². The molecule has 7 nitrogen and oxygen atoms in total. The lowest BCUT2D eigenvalue weighted by atomic mass is 10.1. The molecule has 0 bridgehead atoms. The van der Waals surface area contributed by atoms with Crippen molar-refractivity contribution >= 4 is 28.6 Å². The quantitative estimate of drug-likeness (QED) is 0.601. The van der Waals surface area contributed by atoms with Crippen LogP contribution >= 0.6 is 0 Å². The smallest absolute Gasteiger partial charge is 0.340 e. The number of nitrogens with zero attached hydrogens (tertiary/aromatic N) is 1. The Bertz CT molecular complexity index is 1120. The van der Waals surface area contributed by atoms with Gasteiger partial charge in [0.05, 0.1) is 17.9 Å². The van der Waals surface area contributed by atoms with Crippen LogP contribution in [0.4, 0.5) is 10.5 Å². The molecule has 3 rings (SSSR count). The summed E-state index contributed by atoms with van der Waals surface area (Å²) in [5, 5.41) is 3.69. The second-order valence-corrected chi connectivity index (χ2v) is 7.12. The lowest BCUT2D eigenvalue weighted by Crippen LogP contribution is -2.40.